The molecule has 1 aromatic heterocycles. The summed E-state index contributed by atoms with van der Waals surface area (Å²) in [4.78, 5) is 34.6. The minimum Gasteiger partial charge on any atom is -0.543 e. The first-order valence-corrected chi connectivity index (χ1v) is 5.12. The van der Waals surface area contributed by atoms with Gasteiger partial charge in [0.05, 0.1) is 39.4 Å². The third kappa shape index (κ3) is 7.36. The maximum absolute atomic E-state index is 10.4. The molecule has 0 aromatic carbocycles. The predicted octanol–water partition coefficient (Wildman–Crippen LogP) is -2.89. The highest BCUT2D eigenvalue weighted by Gasteiger charge is 2.02. The largest absolute Gasteiger partial charge is 0.543 e. The van der Waals surface area contributed by atoms with Gasteiger partial charge in [0.15, 0.2) is 0 Å². The molecule has 0 aliphatic rings. The highest BCUT2D eigenvalue weighted by atomic mass is 16.4. The number of nitrogens with one attached hydrogen (secondary N) is 2. The van der Waals surface area contributed by atoms with Crippen LogP contribution in [-0.4, -0.2) is 59.8 Å². The van der Waals surface area contributed by atoms with Gasteiger partial charge in [-0.25, -0.2) is 4.79 Å². The van der Waals surface area contributed by atoms with Gasteiger partial charge in [0, 0.05) is 6.07 Å². The molecule has 0 bridgehead atoms. The summed E-state index contributed by atoms with van der Waals surface area (Å²) < 4.78 is 0.844. The molecule has 0 fully saturated rings. The minimum absolute atomic E-state index is 0.281. The lowest BCUT2D eigenvalue weighted by molar-refractivity contribution is -0.870. The second-order valence-corrected chi connectivity index (χ2v) is 4.53. The van der Waals surface area contributed by atoms with Gasteiger partial charge in [-0.2, -0.15) is 0 Å². The number of aromatic amines is 2. The Balaban J connectivity index is 0.000000360. The standard InChI is InChI=1S/C5H4N2O4.C5H14NO/c8-3-1-2(4(9)10)6-5(11)7-3;1-6(2,3)4-5-7/h1H,(H,9,10)(H2,6,7,8,11);7H,4-5H2,1-3H3/q;+1/p-1. The van der Waals surface area contributed by atoms with Crippen molar-refractivity contribution in [2.75, 3.05) is 34.3 Å². The number of carboxylic acids is 1. The fourth-order valence-corrected chi connectivity index (χ4v) is 0.879. The lowest BCUT2D eigenvalue weighted by Crippen LogP contribution is -2.36. The van der Waals surface area contributed by atoms with E-state index < -0.39 is 22.9 Å². The first-order chi connectivity index (χ1) is 8.15. The van der Waals surface area contributed by atoms with Crippen molar-refractivity contribution >= 4 is 5.97 Å². The van der Waals surface area contributed by atoms with Gasteiger partial charge in [0.1, 0.15) is 6.54 Å². The molecule has 1 aromatic rings. The summed E-state index contributed by atoms with van der Waals surface area (Å²) in [5.41, 5.74) is -2.16. The zero-order chi connectivity index (χ0) is 14.3. The van der Waals surface area contributed by atoms with Crippen LogP contribution < -0.4 is 16.4 Å². The number of aromatic carboxylic acids is 1. The maximum atomic E-state index is 10.4. The summed E-state index contributed by atoms with van der Waals surface area (Å²) >= 11 is 0. The van der Waals surface area contributed by atoms with Crippen molar-refractivity contribution in [3.8, 4) is 0 Å². The van der Waals surface area contributed by atoms with E-state index in [-0.39, 0.29) is 6.61 Å². The van der Waals surface area contributed by atoms with Crippen molar-refractivity contribution in [1.82, 2.24) is 9.97 Å². The lowest BCUT2D eigenvalue weighted by atomic mass is 10.4. The Labute approximate surface area is 103 Å². The molecule has 1 rings (SSSR count). The fraction of sp³-hybridized carbons (Fsp3) is 0.500. The smallest absolute Gasteiger partial charge is 0.326 e. The Bertz CT molecular complexity index is 469. The average Bonchev–Trinajstić information content (AvgIpc) is 2.14. The fourth-order valence-electron chi connectivity index (χ4n) is 0.879. The normalized spacial score (nSPS) is 10.4. The zero-order valence-electron chi connectivity index (χ0n) is 10.5. The second kappa shape index (κ2) is 6.72. The van der Waals surface area contributed by atoms with Crippen LogP contribution in [0.2, 0.25) is 0 Å². The molecule has 0 atom stereocenters. The number of carbonyl (C=O) groups excluding carboxylic acids is 1. The van der Waals surface area contributed by atoms with Gasteiger partial charge in [-0.05, 0) is 0 Å². The molecule has 0 amide bonds. The van der Waals surface area contributed by atoms with Crippen LogP contribution in [-0.2, 0) is 0 Å². The Hall–Kier alpha value is -1.93. The van der Waals surface area contributed by atoms with E-state index in [0.29, 0.717) is 0 Å². The number of rotatable bonds is 3. The summed E-state index contributed by atoms with van der Waals surface area (Å²) in [6.45, 7) is 1.11. The van der Waals surface area contributed by atoms with Crippen LogP contribution in [0.4, 0.5) is 0 Å². The molecule has 0 saturated heterocycles. The monoisotopic (exact) mass is 259 g/mol. The summed E-state index contributed by atoms with van der Waals surface area (Å²) in [6.07, 6.45) is 0. The summed E-state index contributed by atoms with van der Waals surface area (Å²) in [5.74, 6) is -1.59. The number of quaternary nitrogens is 1. The number of H-pyrrole nitrogens is 2. The Morgan fingerprint density at radius 3 is 2.17 bits per heavy atom. The van der Waals surface area contributed by atoms with Crippen molar-refractivity contribution in [3.05, 3.63) is 32.6 Å². The van der Waals surface area contributed by atoms with E-state index in [1.807, 2.05) is 9.97 Å². The number of hydrogen-bond donors (Lipinski definition) is 3. The number of aliphatic hydroxyl groups is 1. The van der Waals surface area contributed by atoms with E-state index >= 15 is 0 Å². The first-order valence-electron chi connectivity index (χ1n) is 5.12. The molecule has 102 valence electrons. The summed E-state index contributed by atoms with van der Waals surface area (Å²) in [6, 6.07) is 0.733. The van der Waals surface area contributed by atoms with Crippen LogP contribution in [0.1, 0.15) is 10.5 Å². The third-order valence-corrected chi connectivity index (χ3v) is 1.75. The maximum Gasteiger partial charge on any atom is 0.326 e. The molecular formula is C10H17N3O5. The number of carboxylic acid groups (broad SMARTS) is 1. The first kappa shape index (κ1) is 16.1. The van der Waals surface area contributed by atoms with Gasteiger partial charge in [0.25, 0.3) is 5.56 Å². The van der Waals surface area contributed by atoms with E-state index in [9.17, 15) is 19.5 Å². The van der Waals surface area contributed by atoms with Crippen LogP contribution >= 0.6 is 0 Å². The SMILES string of the molecule is C[N+](C)(C)CCO.O=C([O-])c1cc(=O)[nH]c(=O)[nH]1. The Kier molecular flexibility index (Phi) is 6.00. The van der Waals surface area contributed by atoms with Crippen LogP contribution in [0.15, 0.2) is 15.7 Å². The number of carbonyl (C=O) groups is 1. The van der Waals surface area contributed by atoms with Crippen molar-refractivity contribution < 1.29 is 19.5 Å². The van der Waals surface area contributed by atoms with Gasteiger partial charge in [0.2, 0.25) is 0 Å². The Morgan fingerprint density at radius 1 is 1.33 bits per heavy atom. The molecule has 8 nitrogen and oxygen atoms in total. The topological polar surface area (TPSA) is 126 Å². The molecule has 3 N–H and O–H groups in total. The summed E-state index contributed by atoms with van der Waals surface area (Å²) in [7, 11) is 6.16. The van der Waals surface area contributed by atoms with Gasteiger partial charge < -0.3 is 24.5 Å². The van der Waals surface area contributed by atoms with Crippen LogP contribution in [0.25, 0.3) is 0 Å². The molecule has 0 unspecified atom stereocenters. The zero-order valence-corrected chi connectivity index (χ0v) is 10.5. The highest BCUT2D eigenvalue weighted by Crippen LogP contribution is 1.84. The van der Waals surface area contributed by atoms with E-state index in [1.165, 1.54) is 0 Å². The van der Waals surface area contributed by atoms with E-state index in [1.54, 1.807) is 0 Å². The van der Waals surface area contributed by atoms with Crippen molar-refractivity contribution in [1.29, 1.82) is 0 Å². The Morgan fingerprint density at radius 2 is 1.89 bits per heavy atom. The number of aromatic nitrogens is 2. The average molecular weight is 259 g/mol. The van der Waals surface area contributed by atoms with E-state index in [2.05, 4.69) is 21.1 Å². The third-order valence-electron chi connectivity index (χ3n) is 1.75. The van der Waals surface area contributed by atoms with E-state index in [0.717, 1.165) is 17.1 Å². The molecule has 0 saturated carbocycles. The molecule has 1 heterocycles. The van der Waals surface area contributed by atoms with Crippen LogP contribution in [0.3, 0.4) is 0 Å². The van der Waals surface area contributed by atoms with Gasteiger partial charge in [-0.3, -0.25) is 9.78 Å². The second-order valence-electron chi connectivity index (χ2n) is 4.53. The van der Waals surface area contributed by atoms with Crippen molar-refractivity contribution in [2.24, 2.45) is 0 Å². The van der Waals surface area contributed by atoms with Crippen LogP contribution in [0.5, 0.6) is 0 Å². The molecule has 0 aliphatic heterocycles. The number of aliphatic hydroxyl groups excluding tert-OH is 1. The minimum atomic E-state index is -1.59. The predicted molar refractivity (Wildman–Crippen MR) is 62.0 cm³/mol. The lowest BCUT2D eigenvalue weighted by Gasteiger charge is -2.21. The molecule has 18 heavy (non-hydrogen) atoms. The number of likely N-dealkylation sites (N-methyl/N-ethyl adjacent to an activating group) is 1. The molecular weight excluding hydrogens is 242 g/mol. The van der Waals surface area contributed by atoms with Gasteiger partial charge in [-0.1, -0.05) is 0 Å². The van der Waals surface area contributed by atoms with Crippen molar-refractivity contribution in [2.45, 2.75) is 0 Å². The number of nitrogens with zero attached hydrogens (tertiary/aromatic N) is 1. The van der Waals surface area contributed by atoms with Gasteiger partial charge in [-0.15, -0.1) is 0 Å². The van der Waals surface area contributed by atoms with Crippen LogP contribution in [0, 0.1) is 0 Å². The summed E-state index contributed by atoms with van der Waals surface area (Å²) in [5, 5.41) is 18.5. The molecule has 8 heteroatoms. The quantitative estimate of drug-likeness (QED) is 0.502. The molecule has 0 aliphatic carbocycles. The number of hydrogen-bond acceptors (Lipinski definition) is 5. The highest BCUT2D eigenvalue weighted by molar-refractivity contribution is 5.82. The van der Waals surface area contributed by atoms with Crippen molar-refractivity contribution in [3.63, 3.8) is 0 Å². The van der Waals surface area contributed by atoms with Gasteiger partial charge >= 0.3 is 5.69 Å². The van der Waals surface area contributed by atoms with E-state index in [4.69, 9.17) is 5.11 Å². The molecule has 0 spiro atoms. The molecule has 0 radical (unpaired) electrons.